The first-order valence-electron chi connectivity index (χ1n) is 8.23. The van der Waals surface area contributed by atoms with Crippen LogP contribution in [-0.2, 0) is 9.53 Å². The predicted octanol–water partition coefficient (Wildman–Crippen LogP) is 3.79. The van der Waals surface area contributed by atoms with E-state index in [4.69, 9.17) is 4.74 Å². The summed E-state index contributed by atoms with van der Waals surface area (Å²) in [6.07, 6.45) is 6.34. The summed E-state index contributed by atoms with van der Waals surface area (Å²) in [5, 5.41) is 0. The summed E-state index contributed by atoms with van der Waals surface area (Å²) in [5.74, 6) is 0.491. The summed E-state index contributed by atoms with van der Waals surface area (Å²) in [7, 11) is 0. The van der Waals surface area contributed by atoms with Gasteiger partial charge >= 0.3 is 5.97 Å². The van der Waals surface area contributed by atoms with Crippen LogP contribution in [0.15, 0.2) is 18.2 Å². The number of hydrogen-bond donors (Lipinski definition) is 0. The molecule has 0 spiro atoms. The summed E-state index contributed by atoms with van der Waals surface area (Å²) < 4.78 is 5.17. The number of esters is 1. The molecule has 1 heterocycles. The van der Waals surface area contributed by atoms with Gasteiger partial charge in [-0.3, -0.25) is 4.79 Å². The minimum absolute atomic E-state index is 0.103. The number of carbonyl (C=O) groups excluding carboxylic acids is 1. The predicted molar refractivity (Wildman–Crippen MR) is 84.8 cm³/mol. The summed E-state index contributed by atoms with van der Waals surface area (Å²) >= 11 is 0. The van der Waals surface area contributed by atoms with Crippen molar-refractivity contribution in [3.63, 3.8) is 0 Å². The van der Waals surface area contributed by atoms with E-state index in [1.54, 1.807) is 0 Å². The molecule has 2 atom stereocenters. The number of hydrogen-bond acceptors (Lipinski definition) is 3. The highest BCUT2D eigenvalue weighted by molar-refractivity contribution is 5.78. The number of nitrogens with zero attached hydrogens (tertiary/aromatic N) is 1. The van der Waals surface area contributed by atoms with E-state index in [1.807, 2.05) is 6.92 Å². The molecule has 21 heavy (non-hydrogen) atoms. The van der Waals surface area contributed by atoms with Crippen molar-refractivity contribution in [2.75, 3.05) is 18.1 Å². The van der Waals surface area contributed by atoms with Crippen LogP contribution in [0.1, 0.15) is 56.1 Å². The van der Waals surface area contributed by atoms with Crippen LogP contribution in [0, 0.1) is 6.92 Å². The van der Waals surface area contributed by atoms with Crippen molar-refractivity contribution in [2.45, 2.75) is 57.9 Å². The summed E-state index contributed by atoms with van der Waals surface area (Å²) in [6, 6.07) is 7.15. The van der Waals surface area contributed by atoms with Crippen LogP contribution in [0.3, 0.4) is 0 Å². The number of rotatable bonds is 3. The molecule has 2 aliphatic rings. The van der Waals surface area contributed by atoms with Gasteiger partial charge in [-0.05, 0) is 38.3 Å². The first kappa shape index (κ1) is 14.4. The Morgan fingerprint density at radius 2 is 2.10 bits per heavy atom. The molecule has 1 fully saturated rings. The van der Waals surface area contributed by atoms with Crippen LogP contribution < -0.4 is 4.90 Å². The second kappa shape index (κ2) is 6.08. The average Bonchev–Trinajstić information content (AvgIpc) is 2.64. The number of carbonyl (C=O) groups is 1. The van der Waals surface area contributed by atoms with Gasteiger partial charge in [-0.1, -0.05) is 37.0 Å². The van der Waals surface area contributed by atoms with Crippen LogP contribution >= 0.6 is 0 Å². The highest BCUT2D eigenvalue weighted by atomic mass is 16.5. The smallest absolute Gasteiger partial charge is 0.325 e. The van der Waals surface area contributed by atoms with Crippen molar-refractivity contribution in [1.82, 2.24) is 0 Å². The second-order valence-electron chi connectivity index (χ2n) is 6.31. The van der Waals surface area contributed by atoms with Crippen LogP contribution in [0.2, 0.25) is 0 Å². The Hall–Kier alpha value is -1.51. The lowest BCUT2D eigenvalue weighted by Crippen LogP contribution is -2.38. The van der Waals surface area contributed by atoms with E-state index in [1.165, 1.54) is 48.9 Å². The zero-order chi connectivity index (χ0) is 14.8. The van der Waals surface area contributed by atoms with Gasteiger partial charge in [-0.25, -0.2) is 0 Å². The third-order valence-corrected chi connectivity index (χ3v) is 4.88. The molecule has 0 aromatic heterocycles. The standard InChI is InChI=1S/C18H25NO2/c1-3-21-18(20)12-19-16-8-6-4-5-7-14(16)15-11-13(2)9-10-17(15)19/h9-11,14,16H,3-8,12H2,1-2H3/t14-,16+/m1/s1. The molecular formula is C18H25NO2. The van der Waals surface area contributed by atoms with Crippen LogP contribution in [-0.4, -0.2) is 25.2 Å². The highest BCUT2D eigenvalue weighted by Gasteiger charge is 2.39. The molecule has 114 valence electrons. The maximum atomic E-state index is 12.0. The van der Waals surface area contributed by atoms with E-state index in [-0.39, 0.29) is 5.97 Å². The number of ether oxygens (including phenoxy) is 1. The van der Waals surface area contributed by atoms with Crippen molar-refractivity contribution in [1.29, 1.82) is 0 Å². The van der Waals surface area contributed by atoms with Gasteiger partial charge in [0.1, 0.15) is 6.54 Å². The lowest BCUT2D eigenvalue weighted by atomic mass is 9.90. The van der Waals surface area contributed by atoms with Crippen molar-refractivity contribution < 1.29 is 9.53 Å². The van der Waals surface area contributed by atoms with Crippen molar-refractivity contribution in [3.05, 3.63) is 29.3 Å². The fraction of sp³-hybridized carbons (Fsp3) is 0.611. The molecule has 0 amide bonds. The molecule has 1 aliphatic heterocycles. The van der Waals surface area contributed by atoms with E-state index in [2.05, 4.69) is 30.0 Å². The van der Waals surface area contributed by atoms with E-state index in [0.29, 0.717) is 25.1 Å². The first-order valence-corrected chi connectivity index (χ1v) is 8.23. The molecule has 3 rings (SSSR count). The van der Waals surface area contributed by atoms with Crippen molar-refractivity contribution >= 4 is 11.7 Å². The van der Waals surface area contributed by atoms with E-state index >= 15 is 0 Å². The van der Waals surface area contributed by atoms with Gasteiger partial charge in [0, 0.05) is 17.6 Å². The second-order valence-corrected chi connectivity index (χ2v) is 6.31. The number of anilines is 1. The van der Waals surface area contributed by atoms with Gasteiger partial charge in [0.2, 0.25) is 0 Å². The van der Waals surface area contributed by atoms with Gasteiger partial charge in [0.25, 0.3) is 0 Å². The molecule has 3 nitrogen and oxygen atoms in total. The fourth-order valence-electron chi connectivity index (χ4n) is 3.98. The monoisotopic (exact) mass is 287 g/mol. The largest absolute Gasteiger partial charge is 0.465 e. The normalized spacial score (nSPS) is 24.2. The lowest BCUT2D eigenvalue weighted by Gasteiger charge is -2.28. The van der Waals surface area contributed by atoms with Crippen LogP contribution in [0.25, 0.3) is 0 Å². The fourth-order valence-corrected chi connectivity index (χ4v) is 3.98. The third-order valence-electron chi connectivity index (χ3n) is 4.88. The third kappa shape index (κ3) is 2.78. The Labute approximate surface area is 127 Å². The molecule has 3 heteroatoms. The zero-order valence-electron chi connectivity index (χ0n) is 13.1. The van der Waals surface area contributed by atoms with Crippen molar-refractivity contribution in [3.8, 4) is 0 Å². The molecule has 1 saturated carbocycles. The molecule has 0 radical (unpaired) electrons. The molecule has 1 aromatic rings. The zero-order valence-corrected chi connectivity index (χ0v) is 13.1. The average molecular weight is 287 g/mol. The Morgan fingerprint density at radius 1 is 1.29 bits per heavy atom. The number of fused-ring (bicyclic) bond motifs is 3. The Bertz CT molecular complexity index is 526. The number of aryl methyl sites for hydroxylation is 1. The summed E-state index contributed by atoms with van der Waals surface area (Å²) in [4.78, 5) is 14.3. The molecule has 0 saturated heterocycles. The minimum atomic E-state index is -0.103. The van der Waals surface area contributed by atoms with E-state index in [9.17, 15) is 4.79 Å². The molecule has 1 aromatic carbocycles. The first-order chi connectivity index (χ1) is 10.2. The molecule has 0 unspecified atom stereocenters. The topological polar surface area (TPSA) is 29.5 Å². The van der Waals surface area contributed by atoms with Crippen molar-refractivity contribution in [2.24, 2.45) is 0 Å². The SMILES string of the molecule is CCOC(=O)CN1c2ccc(C)cc2[C@H]2CCCCC[C@@H]21. The maximum Gasteiger partial charge on any atom is 0.325 e. The lowest BCUT2D eigenvalue weighted by molar-refractivity contribution is -0.141. The Kier molecular flexibility index (Phi) is 4.18. The number of benzene rings is 1. The Balaban J connectivity index is 1.92. The van der Waals surface area contributed by atoms with E-state index < -0.39 is 0 Å². The highest BCUT2D eigenvalue weighted by Crippen LogP contribution is 2.47. The van der Waals surface area contributed by atoms with Gasteiger partial charge in [0.15, 0.2) is 0 Å². The summed E-state index contributed by atoms with van der Waals surface area (Å²) in [6.45, 7) is 4.88. The summed E-state index contributed by atoms with van der Waals surface area (Å²) in [5.41, 5.74) is 4.02. The van der Waals surface area contributed by atoms with Gasteiger partial charge < -0.3 is 9.64 Å². The molecule has 1 aliphatic carbocycles. The quantitative estimate of drug-likeness (QED) is 0.792. The molecular weight excluding hydrogens is 262 g/mol. The molecule has 0 N–H and O–H groups in total. The maximum absolute atomic E-state index is 12.0. The van der Waals surface area contributed by atoms with Gasteiger partial charge in [-0.2, -0.15) is 0 Å². The Morgan fingerprint density at radius 3 is 2.90 bits per heavy atom. The van der Waals surface area contributed by atoms with Crippen LogP contribution in [0.5, 0.6) is 0 Å². The van der Waals surface area contributed by atoms with Gasteiger partial charge in [-0.15, -0.1) is 0 Å². The minimum Gasteiger partial charge on any atom is -0.465 e. The van der Waals surface area contributed by atoms with Crippen LogP contribution in [0.4, 0.5) is 5.69 Å². The van der Waals surface area contributed by atoms with E-state index in [0.717, 1.165) is 0 Å². The van der Waals surface area contributed by atoms with Gasteiger partial charge in [0.05, 0.1) is 6.61 Å². The molecule has 0 bridgehead atoms.